The van der Waals surface area contributed by atoms with Gasteiger partial charge in [0.25, 0.3) is 0 Å². The van der Waals surface area contributed by atoms with Crippen molar-refractivity contribution in [3.63, 3.8) is 0 Å². The van der Waals surface area contributed by atoms with E-state index < -0.39 is 28.6 Å². The average Bonchev–Trinajstić information content (AvgIpc) is 3.29. The fourth-order valence-corrected chi connectivity index (χ4v) is 5.40. The number of aryl methyl sites for hydroxylation is 4. The van der Waals surface area contributed by atoms with Crippen LogP contribution in [-0.4, -0.2) is 48.8 Å². The molecular formula is C20H24N2O6S. The van der Waals surface area contributed by atoms with Crippen molar-refractivity contribution in [2.75, 3.05) is 13.2 Å². The van der Waals surface area contributed by atoms with Crippen LogP contribution in [0.15, 0.2) is 27.6 Å². The van der Waals surface area contributed by atoms with Gasteiger partial charge in [0, 0.05) is 12.1 Å². The molecule has 1 saturated heterocycles. The van der Waals surface area contributed by atoms with Crippen molar-refractivity contribution >= 4 is 21.8 Å². The van der Waals surface area contributed by atoms with E-state index in [0.717, 1.165) is 15.4 Å². The molecule has 1 fully saturated rings. The number of hydrogen-bond acceptors (Lipinski definition) is 7. The molecule has 1 aromatic carbocycles. The van der Waals surface area contributed by atoms with Gasteiger partial charge in [-0.1, -0.05) is 17.3 Å². The first-order valence-electron chi connectivity index (χ1n) is 9.34. The zero-order valence-corrected chi connectivity index (χ0v) is 17.7. The summed E-state index contributed by atoms with van der Waals surface area (Å²) in [6.45, 7) is 6.65. The van der Waals surface area contributed by atoms with Crippen LogP contribution >= 0.6 is 0 Å². The van der Waals surface area contributed by atoms with E-state index in [4.69, 9.17) is 9.26 Å². The Hall–Kier alpha value is -2.52. The van der Waals surface area contributed by atoms with Gasteiger partial charge in [0.1, 0.15) is 16.6 Å². The van der Waals surface area contributed by atoms with Gasteiger partial charge >= 0.3 is 5.97 Å². The highest BCUT2D eigenvalue weighted by atomic mass is 32.2. The predicted molar refractivity (Wildman–Crippen MR) is 104 cm³/mol. The number of Topliss-reactive ketones (excluding diaryl/α,β-unsaturated/α-hetero) is 1. The topological polar surface area (TPSA) is 107 Å². The van der Waals surface area contributed by atoms with Crippen molar-refractivity contribution in [1.29, 1.82) is 0 Å². The second-order valence-corrected chi connectivity index (χ2v) is 9.08. The minimum Gasteiger partial charge on any atom is -0.456 e. The van der Waals surface area contributed by atoms with E-state index in [0.29, 0.717) is 18.4 Å². The van der Waals surface area contributed by atoms with Crippen LogP contribution in [-0.2, 0) is 19.6 Å². The molecule has 0 unspecified atom stereocenters. The van der Waals surface area contributed by atoms with Gasteiger partial charge in [-0.3, -0.25) is 9.59 Å². The van der Waals surface area contributed by atoms with Crippen LogP contribution in [0.5, 0.6) is 0 Å². The van der Waals surface area contributed by atoms with Gasteiger partial charge in [0.15, 0.2) is 18.2 Å². The van der Waals surface area contributed by atoms with E-state index in [1.807, 2.05) is 19.9 Å². The summed E-state index contributed by atoms with van der Waals surface area (Å²) in [5.74, 6) is -0.888. The lowest BCUT2D eigenvalue weighted by molar-refractivity contribution is -0.146. The largest absolute Gasteiger partial charge is 0.456 e. The van der Waals surface area contributed by atoms with E-state index in [-0.39, 0.29) is 28.7 Å². The summed E-state index contributed by atoms with van der Waals surface area (Å²) < 4.78 is 37.3. The zero-order chi connectivity index (χ0) is 21.3. The summed E-state index contributed by atoms with van der Waals surface area (Å²) in [7, 11) is -3.96. The molecule has 0 radical (unpaired) electrons. The smallest absolute Gasteiger partial charge is 0.324 e. The number of carbonyl (C=O) groups excluding carboxylic acids is 2. The number of sulfonamides is 1. The molecule has 9 heteroatoms. The molecule has 0 aliphatic carbocycles. The molecule has 1 atom stereocenters. The first-order valence-corrected chi connectivity index (χ1v) is 10.8. The Morgan fingerprint density at radius 3 is 2.55 bits per heavy atom. The first kappa shape index (κ1) is 21.2. The van der Waals surface area contributed by atoms with E-state index in [1.165, 1.54) is 13.8 Å². The van der Waals surface area contributed by atoms with Crippen molar-refractivity contribution in [2.24, 2.45) is 0 Å². The van der Waals surface area contributed by atoms with Gasteiger partial charge in [-0.05, 0) is 57.7 Å². The molecule has 1 aliphatic rings. The minimum absolute atomic E-state index is 0.0246. The lowest BCUT2D eigenvalue weighted by Gasteiger charge is -2.22. The van der Waals surface area contributed by atoms with Gasteiger partial charge < -0.3 is 9.26 Å². The molecule has 156 valence electrons. The molecule has 2 aromatic rings. The molecule has 1 aromatic heterocycles. The third-order valence-corrected chi connectivity index (χ3v) is 7.34. The number of ether oxygens (including phenoxy) is 1. The van der Waals surface area contributed by atoms with Crippen molar-refractivity contribution in [3.8, 4) is 0 Å². The Bertz CT molecular complexity index is 1040. The monoisotopic (exact) mass is 420 g/mol. The molecule has 0 amide bonds. The number of rotatable bonds is 6. The lowest BCUT2D eigenvalue weighted by Crippen LogP contribution is -2.42. The molecule has 3 rings (SSSR count). The molecule has 2 heterocycles. The van der Waals surface area contributed by atoms with Crippen molar-refractivity contribution < 1.29 is 27.3 Å². The number of aromatic nitrogens is 1. The lowest BCUT2D eigenvalue weighted by atomic mass is 10.0. The Morgan fingerprint density at radius 1 is 1.21 bits per heavy atom. The maximum absolute atomic E-state index is 13.0. The first-order chi connectivity index (χ1) is 13.6. The number of ketones is 1. The fraction of sp³-hybridized carbons (Fsp3) is 0.450. The summed E-state index contributed by atoms with van der Waals surface area (Å²) in [4.78, 5) is 24.9. The molecule has 0 N–H and O–H groups in total. The van der Waals surface area contributed by atoms with Gasteiger partial charge in [-0.25, -0.2) is 8.42 Å². The SMILES string of the molecule is Cc1ccc(C(=O)COC(=O)[C@@H]2CCCN2S(=O)(=O)c2c(C)noc2C)cc1C. The highest BCUT2D eigenvalue weighted by molar-refractivity contribution is 7.89. The quantitative estimate of drug-likeness (QED) is 0.522. The van der Waals surface area contributed by atoms with Crippen molar-refractivity contribution in [1.82, 2.24) is 9.46 Å². The summed E-state index contributed by atoms with van der Waals surface area (Å²) in [5.41, 5.74) is 2.72. The maximum atomic E-state index is 13.0. The third kappa shape index (κ3) is 4.11. The van der Waals surface area contributed by atoms with Crippen LogP contribution in [0.2, 0.25) is 0 Å². The second kappa shape index (κ2) is 8.08. The molecule has 0 spiro atoms. The summed E-state index contributed by atoms with van der Waals surface area (Å²) in [6, 6.07) is 4.29. The molecule has 1 aliphatic heterocycles. The number of carbonyl (C=O) groups is 2. The van der Waals surface area contributed by atoms with Crippen LogP contribution in [0.1, 0.15) is 45.8 Å². The standard InChI is InChI=1S/C20H24N2O6S/c1-12-7-8-16(10-13(12)2)18(23)11-27-20(24)17-6-5-9-22(17)29(25,26)19-14(3)21-28-15(19)4/h7-8,10,17H,5-6,9,11H2,1-4H3/t17-/m0/s1. The molecular weight excluding hydrogens is 396 g/mol. The molecule has 29 heavy (non-hydrogen) atoms. The molecule has 8 nitrogen and oxygen atoms in total. The van der Waals surface area contributed by atoms with Gasteiger partial charge in [0.2, 0.25) is 10.0 Å². The predicted octanol–water partition coefficient (Wildman–Crippen LogP) is 2.49. The van der Waals surface area contributed by atoms with E-state index in [1.54, 1.807) is 12.1 Å². The molecule has 0 bridgehead atoms. The Kier molecular flexibility index (Phi) is 5.90. The average molecular weight is 420 g/mol. The van der Waals surface area contributed by atoms with Gasteiger partial charge in [0.05, 0.1) is 0 Å². The van der Waals surface area contributed by atoms with E-state index in [2.05, 4.69) is 5.16 Å². The zero-order valence-electron chi connectivity index (χ0n) is 16.9. The van der Waals surface area contributed by atoms with E-state index in [9.17, 15) is 18.0 Å². The van der Waals surface area contributed by atoms with Gasteiger partial charge in [-0.2, -0.15) is 4.31 Å². The number of esters is 1. The van der Waals surface area contributed by atoms with Crippen LogP contribution in [0.4, 0.5) is 0 Å². The van der Waals surface area contributed by atoms with Gasteiger partial charge in [-0.15, -0.1) is 0 Å². The third-order valence-electron chi connectivity index (χ3n) is 5.18. The van der Waals surface area contributed by atoms with E-state index >= 15 is 0 Å². The number of benzene rings is 1. The van der Waals surface area contributed by atoms with Crippen LogP contribution < -0.4 is 0 Å². The number of hydrogen-bond donors (Lipinski definition) is 0. The summed E-state index contributed by atoms with van der Waals surface area (Å²) in [6.07, 6.45) is 0.854. The minimum atomic E-state index is -3.96. The summed E-state index contributed by atoms with van der Waals surface area (Å²) >= 11 is 0. The Labute approximate surface area is 169 Å². The second-order valence-electron chi connectivity index (χ2n) is 7.26. The fourth-order valence-electron chi connectivity index (χ4n) is 3.45. The van der Waals surface area contributed by atoms with Crippen LogP contribution in [0.3, 0.4) is 0 Å². The van der Waals surface area contributed by atoms with Crippen molar-refractivity contribution in [2.45, 2.75) is 51.5 Å². The van der Waals surface area contributed by atoms with Crippen LogP contribution in [0.25, 0.3) is 0 Å². The number of nitrogens with zero attached hydrogens (tertiary/aromatic N) is 2. The Morgan fingerprint density at radius 2 is 1.93 bits per heavy atom. The highest BCUT2D eigenvalue weighted by Gasteiger charge is 2.42. The summed E-state index contributed by atoms with van der Waals surface area (Å²) in [5, 5.41) is 3.69. The maximum Gasteiger partial charge on any atom is 0.324 e. The highest BCUT2D eigenvalue weighted by Crippen LogP contribution is 2.30. The normalized spacial score (nSPS) is 17.4. The van der Waals surface area contributed by atoms with Crippen molar-refractivity contribution in [3.05, 3.63) is 46.3 Å². The molecule has 0 saturated carbocycles. The van der Waals surface area contributed by atoms with Crippen LogP contribution in [0, 0.1) is 27.7 Å². The Balaban J connectivity index is 1.72.